The van der Waals surface area contributed by atoms with Crippen molar-refractivity contribution >= 4 is 22.4 Å². The first kappa shape index (κ1) is 19.5. The molecule has 0 bridgehead atoms. The van der Waals surface area contributed by atoms with Gasteiger partial charge in [-0.3, -0.25) is 9.69 Å². The van der Waals surface area contributed by atoms with Crippen molar-refractivity contribution < 1.29 is 14.3 Å². The van der Waals surface area contributed by atoms with Crippen molar-refractivity contribution in [3.63, 3.8) is 0 Å². The van der Waals surface area contributed by atoms with Gasteiger partial charge < -0.3 is 14.8 Å². The number of methoxy groups -OCH3 is 1. The Hall–Kier alpha value is -1.80. The zero-order chi connectivity index (χ0) is 19.6. The number of carbonyl (C=O) groups is 1. The monoisotopic (exact) mass is 401 g/mol. The second-order valence-electron chi connectivity index (χ2n) is 7.56. The molecule has 2 atom stereocenters. The lowest BCUT2D eigenvalue weighted by Gasteiger charge is -2.44. The lowest BCUT2D eigenvalue weighted by molar-refractivity contribution is -0.145. The predicted molar refractivity (Wildman–Crippen MR) is 111 cm³/mol. The van der Waals surface area contributed by atoms with Crippen LogP contribution in [0.15, 0.2) is 30.3 Å². The van der Waals surface area contributed by atoms with Crippen molar-refractivity contribution in [2.75, 3.05) is 38.7 Å². The molecular weight excluding hydrogens is 374 g/mol. The Morgan fingerprint density at radius 2 is 2.21 bits per heavy atom. The Morgan fingerprint density at radius 3 is 2.93 bits per heavy atom. The number of rotatable bonds is 5. The number of aromatic nitrogens is 1. The predicted octanol–water partition coefficient (Wildman–Crippen LogP) is 3.33. The van der Waals surface area contributed by atoms with Crippen LogP contribution in [0.25, 0.3) is 11.3 Å². The van der Waals surface area contributed by atoms with E-state index in [9.17, 15) is 4.79 Å². The van der Waals surface area contributed by atoms with Gasteiger partial charge in [0.15, 0.2) is 5.13 Å². The lowest BCUT2D eigenvalue weighted by atomic mass is 9.86. The van der Waals surface area contributed by atoms with E-state index in [4.69, 9.17) is 9.47 Å². The van der Waals surface area contributed by atoms with Gasteiger partial charge >= 0.3 is 0 Å². The van der Waals surface area contributed by atoms with Gasteiger partial charge in [0, 0.05) is 37.2 Å². The van der Waals surface area contributed by atoms with E-state index in [0.29, 0.717) is 11.7 Å². The summed E-state index contributed by atoms with van der Waals surface area (Å²) in [5.41, 5.74) is 1.84. The molecule has 28 heavy (non-hydrogen) atoms. The number of hydrogen-bond acceptors (Lipinski definition) is 6. The van der Waals surface area contributed by atoms with Crippen LogP contribution >= 0.6 is 11.3 Å². The third-order valence-electron chi connectivity index (χ3n) is 5.74. The van der Waals surface area contributed by atoms with Crippen LogP contribution in [-0.4, -0.2) is 60.8 Å². The molecule has 1 amide bonds. The summed E-state index contributed by atoms with van der Waals surface area (Å²) >= 11 is 1.51. The summed E-state index contributed by atoms with van der Waals surface area (Å²) in [5, 5.41) is 3.62. The molecule has 2 saturated heterocycles. The Balaban J connectivity index is 1.36. The average Bonchev–Trinajstić information content (AvgIpc) is 3.31. The quantitative estimate of drug-likeness (QED) is 0.833. The molecule has 0 aliphatic carbocycles. The summed E-state index contributed by atoms with van der Waals surface area (Å²) in [6, 6.07) is 10.0. The maximum atomic E-state index is 12.6. The van der Waals surface area contributed by atoms with Crippen molar-refractivity contribution in [3.8, 4) is 11.3 Å². The fourth-order valence-corrected chi connectivity index (χ4v) is 5.13. The summed E-state index contributed by atoms with van der Waals surface area (Å²) in [6.07, 6.45) is 3.07. The second kappa shape index (κ2) is 8.29. The van der Waals surface area contributed by atoms with E-state index in [1.165, 1.54) is 11.3 Å². The van der Waals surface area contributed by atoms with Gasteiger partial charge in [-0.2, -0.15) is 0 Å². The highest BCUT2D eigenvalue weighted by Gasteiger charge is 2.46. The third-order valence-corrected chi connectivity index (χ3v) is 6.62. The minimum absolute atomic E-state index is 0.0170. The Morgan fingerprint density at radius 1 is 1.39 bits per heavy atom. The van der Waals surface area contributed by atoms with Crippen molar-refractivity contribution in [1.82, 2.24) is 9.88 Å². The number of nitrogens with zero attached hydrogens (tertiary/aromatic N) is 2. The maximum Gasteiger partial charge on any atom is 0.240 e. The molecule has 1 spiro atoms. The van der Waals surface area contributed by atoms with Crippen LogP contribution in [0.2, 0.25) is 0 Å². The number of benzene rings is 1. The fourth-order valence-electron chi connectivity index (χ4n) is 4.28. The van der Waals surface area contributed by atoms with Gasteiger partial charge in [0.1, 0.15) is 0 Å². The van der Waals surface area contributed by atoms with Gasteiger partial charge in [-0.05, 0) is 26.2 Å². The molecule has 1 aromatic heterocycles. The van der Waals surface area contributed by atoms with E-state index in [-0.39, 0.29) is 17.6 Å². The summed E-state index contributed by atoms with van der Waals surface area (Å²) in [4.78, 5) is 20.5. The summed E-state index contributed by atoms with van der Waals surface area (Å²) in [6.45, 7) is 4.75. The van der Waals surface area contributed by atoms with E-state index in [2.05, 4.69) is 15.2 Å². The molecule has 0 saturated carbocycles. The SMILES string of the molecule is CO[C@@H]1CN(CC(=O)Nc2nc(-c3ccccc3)c(C)s2)CC[C@]12CCCO2. The standard InChI is InChI=1S/C21H27N3O3S/c1-15-19(16-7-4-3-5-8-16)23-20(28-15)22-18(25)14-24-11-10-21(9-6-12-27-21)17(13-24)26-2/h3-5,7-8,17H,6,9-14H2,1-2H3,(H,22,23,25)/t17-,21-/m1/s1. The number of anilines is 1. The third kappa shape index (κ3) is 3.98. The van der Waals surface area contributed by atoms with Crippen LogP contribution in [0, 0.1) is 6.92 Å². The second-order valence-corrected chi connectivity index (χ2v) is 8.77. The topological polar surface area (TPSA) is 63.7 Å². The molecule has 3 heterocycles. The van der Waals surface area contributed by atoms with Crippen molar-refractivity contribution in [1.29, 1.82) is 0 Å². The molecule has 0 unspecified atom stereocenters. The molecule has 150 valence electrons. The van der Waals surface area contributed by atoms with Crippen molar-refractivity contribution in [3.05, 3.63) is 35.2 Å². The summed E-state index contributed by atoms with van der Waals surface area (Å²) in [5.74, 6) is -0.0356. The molecule has 2 aliphatic rings. The van der Waals surface area contributed by atoms with Gasteiger partial charge in [0.05, 0.1) is 23.9 Å². The van der Waals surface area contributed by atoms with Gasteiger partial charge in [-0.25, -0.2) is 4.98 Å². The minimum Gasteiger partial charge on any atom is -0.377 e. The zero-order valence-corrected chi connectivity index (χ0v) is 17.3. The van der Waals surface area contributed by atoms with Crippen LogP contribution in [-0.2, 0) is 14.3 Å². The van der Waals surface area contributed by atoms with Gasteiger partial charge in [-0.15, -0.1) is 11.3 Å². The van der Waals surface area contributed by atoms with E-state index in [1.807, 2.05) is 37.3 Å². The van der Waals surface area contributed by atoms with Crippen LogP contribution < -0.4 is 5.32 Å². The van der Waals surface area contributed by atoms with Gasteiger partial charge in [0.25, 0.3) is 0 Å². The molecule has 6 nitrogen and oxygen atoms in total. The first-order valence-corrected chi connectivity index (χ1v) is 10.6. The number of thiazole rings is 1. The van der Waals surface area contributed by atoms with Crippen LogP contribution in [0.1, 0.15) is 24.1 Å². The lowest BCUT2D eigenvalue weighted by Crippen LogP contribution is -2.57. The van der Waals surface area contributed by atoms with Crippen molar-refractivity contribution in [2.45, 2.75) is 37.9 Å². The van der Waals surface area contributed by atoms with Crippen molar-refractivity contribution in [2.24, 2.45) is 0 Å². The van der Waals surface area contributed by atoms with Crippen LogP contribution in [0.4, 0.5) is 5.13 Å². The Labute approximate surface area is 169 Å². The molecule has 2 aliphatic heterocycles. The number of carbonyl (C=O) groups excluding carboxylic acids is 1. The summed E-state index contributed by atoms with van der Waals surface area (Å²) < 4.78 is 11.7. The number of piperidine rings is 1. The maximum absolute atomic E-state index is 12.6. The molecule has 7 heteroatoms. The highest BCUT2D eigenvalue weighted by molar-refractivity contribution is 7.16. The number of nitrogens with one attached hydrogen (secondary N) is 1. The molecule has 4 rings (SSSR count). The number of hydrogen-bond donors (Lipinski definition) is 1. The van der Waals surface area contributed by atoms with Gasteiger partial charge in [0.2, 0.25) is 5.91 Å². The normalized spacial score (nSPS) is 25.3. The number of likely N-dealkylation sites (tertiary alicyclic amines) is 1. The number of ether oxygens (including phenoxy) is 2. The fraction of sp³-hybridized carbons (Fsp3) is 0.524. The van der Waals surface area contributed by atoms with E-state index in [0.717, 1.165) is 55.1 Å². The molecule has 2 fully saturated rings. The smallest absolute Gasteiger partial charge is 0.240 e. The van der Waals surface area contributed by atoms with E-state index >= 15 is 0 Å². The number of aryl methyl sites for hydroxylation is 1. The highest BCUT2D eigenvalue weighted by Crippen LogP contribution is 2.37. The molecular formula is C21H27N3O3S. The van der Waals surface area contributed by atoms with E-state index < -0.39 is 0 Å². The zero-order valence-electron chi connectivity index (χ0n) is 16.4. The van der Waals surface area contributed by atoms with Crippen LogP contribution in [0.5, 0.6) is 0 Å². The van der Waals surface area contributed by atoms with Gasteiger partial charge in [-0.1, -0.05) is 30.3 Å². The highest BCUT2D eigenvalue weighted by atomic mass is 32.1. The number of amides is 1. The molecule has 1 N–H and O–H groups in total. The average molecular weight is 402 g/mol. The first-order chi connectivity index (χ1) is 13.6. The molecule has 0 radical (unpaired) electrons. The van der Waals surface area contributed by atoms with Crippen LogP contribution in [0.3, 0.4) is 0 Å². The summed E-state index contributed by atoms with van der Waals surface area (Å²) in [7, 11) is 1.74. The Bertz CT molecular complexity index is 818. The molecule has 1 aromatic carbocycles. The minimum atomic E-state index is -0.154. The molecule has 2 aromatic rings. The van der Waals surface area contributed by atoms with E-state index in [1.54, 1.807) is 7.11 Å². The Kier molecular flexibility index (Phi) is 5.78. The largest absolute Gasteiger partial charge is 0.377 e. The first-order valence-electron chi connectivity index (χ1n) is 9.81.